The molecule has 0 bridgehead atoms. The second-order valence-corrected chi connectivity index (χ2v) is 4.32. The highest BCUT2D eigenvalue weighted by molar-refractivity contribution is 5.76. The van der Waals surface area contributed by atoms with Crippen LogP contribution < -0.4 is 10.4 Å². The van der Waals surface area contributed by atoms with Crippen LogP contribution in [0, 0.1) is 5.92 Å². The second-order valence-electron chi connectivity index (χ2n) is 4.32. The molecule has 0 aliphatic heterocycles. The summed E-state index contributed by atoms with van der Waals surface area (Å²) >= 11 is 0. The van der Waals surface area contributed by atoms with Gasteiger partial charge in [-0.1, -0.05) is 13.8 Å². The molecular formula is C12H16N2O2. The number of aromatic amines is 1. The van der Waals surface area contributed by atoms with Gasteiger partial charge in [0.05, 0.1) is 18.1 Å². The van der Waals surface area contributed by atoms with E-state index in [4.69, 9.17) is 4.74 Å². The van der Waals surface area contributed by atoms with E-state index in [1.54, 1.807) is 11.7 Å². The van der Waals surface area contributed by atoms with Gasteiger partial charge in [-0.05, 0) is 18.1 Å². The summed E-state index contributed by atoms with van der Waals surface area (Å²) in [7, 11) is 1.62. The molecule has 0 spiro atoms. The number of nitrogens with zero attached hydrogens (tertiary/aromatic N) is 1. The van der Waals surface area contributed by atoms with E-state index in [2.05, 4.69) is 18.8 Å². The highest BCUT2D eigenvalue weighted by Gasteiger charge is 2.08. The van der Waals surface area contributed by atoms with Gasteiger partial charge in [0.2, 0.25) is 0 Å². The van der Waals surface area contributed by atoms with Gasteiger partial charge in [-0.15, -0.1) is 0 Å². The molecule has 0 aliphatic rings. The van der Waals surface area contributed by atoms with E-state index in [0.29, 0.717) is 5.92 Å². The van der Waals surface area contributed by atoms with Gasteiger partial charge in [0.15, 0.2) is 0 Å². The summed E-state index contributed by atoms with van der Waals surface area (Å²) in [5.41, 5.74) is 1.70. The Morgan fingerprint density at radius 2 is 2.19 bits per heavy atom. The van der Waals surface area contributed by atoms with Gasteiger partial charge in [-0.25, -0.2) is 4.79 Å². The van der Waals surface area contributed by atoms with Crippen molar-refractivity contribution in [2.45, 2.75) is 20.4 Å². The Kier molecular flexibility index (Phi) is 2.73. The molecule has 1 aromatic heterocycles. The van der Waals surface area contributed by atoms with Gasteiger partial charge >= 0.3 is 5.69 Å². The molecule has 1 heterocycles. The summed E-state index contributed by atoms with van der Waals surface area (Å²) in [4.78, 5) is 14.6. The number of ether oxygens (including phenoxy) is 1. The highest BCUT2D eigenvalue weighted by atomic mass is 16.5. The zero-order chi connectivity index (χ0) is 11.7. The summed E-state index contributed by atoms with van der Waals surface area (Å²) in [6.07, 6.45) is 0. The lowest BCUT2D eigenvalue weighted by molar-refractivity contribution is 0.415. The number of hydrogen-bond acceptors (Lipinski definition) is 2. The van der Waals surface area contributed by atoms with Crippen molar-refractivity contribution in [1.82, 2.24) is 9.55 Å². The minimum Gasteiger partial charge on any atom is -0.497 e. The molecule has 1 N–H and O–H groups in total. The number of benzene rings is 1. The molecule has 0 atom stereocenters. The monoisotopic (exact) mass is 220 g/mol. The Morgan fingerprint density at radius 1 is 1.44 bits per heavy atom. The van der Waals surface area contributed by atoms with Crippen LogP contribution in [-0.4, -0.2) is 16.7 Å². The van der Waals surface area contributed by atoms with E-state index in [1.807, 2.05) is 18.2 Å². The Bertz CT molecular complexity index is 552. The Labute approximate surface area is 93.9 Å². The van der Waals surface area contributed by atoms with Crippen LogP contribution in [0.3, 0.4) is 0 Å². The summed E-state index contributed by atoms with van der Waals surface area (Å²) in [6, 6.07) is 5.62. The normalized spacial score (nSPS) is 11.2. The van der Waals surface area contributed by atoms with Crippen molar-refractivity contribution in [3.05, 3.63) is 28.7 Å². The summed E-state index contributed by atoms with van der Waals surface area (Å²) < 4.78 is 6.88. The first-order valence-corrected chi connectivity index (χ1v) is 5.38. The molecule has 1 aromatic carbocycles. The SMILES string of the molecule is COc1ccc2c(c1)[nH]c(=O)n2CC(C)C. The molecule has 2 aromatic rings. The molecule has 0 radical (unpaired) electrons. The first-order valence-electron chi connectivity index (χ1n) is 5.38. The number of hydrogen-bond donors (Lipinski definition) is 1. The largest absolute Gasteiger partial charge is 0.497 e. The number of nitrogens with one attached hydrogen (secondary N) is 1. The third-order valence-corrected chi connectivity index (χ3v) is 2.53. The topological polar surface area (TPSA) is 47.0 Å². The molecule has 4 heteroatoms. The third kappa shape index (κ3) is 1.83. The van der Waals surface area contributed by atoms with Crippen molar-refractivity contribution in [1.29, 1.82) is 0 Å². The van der Waals surface area contributed by atoms with Crippen LogP contribution >= 0.6 is 0 Å². The average molecular weight is 220 g/mol. The van der Waals surface area contributed by atoms with E-state index < -0.39 is 0 Å². The predicted octanol–water partition coefficient (Wildman–Crippen LogP) is 1.99. The molecule has 0 saturated carbocycles. The van der Waals surface area contributed by atoms with E-state index in [9.17, 15) is 4.79 Å². The van der Waals surface area contributed by atoms with Gasteiger partial charge < -0.3 is 9.72 Å². The predicted molar refractivity (Wildman–Crippen MR) is 63.9 cm³/mol. The zero-order valence-corrected chi connectivity index (χ0v) is 9.78. The Morgan fingerprint density at radius 3 is 2.81 bits per heavy atom. The van der Waals surface area contributed by atoms with Crippen LogP contribution in [0.4, 0.5) is 0 Å². The molecule has 86 valence electrons. The third-order valence-electron chi connectivity index (χ3n) is 2.53. The van der Waals surface area contributed by atoms with Gasteiger partial charge in [0, 0.05) is 12.6 Å². The molecule has 0 unspecified atom stereocenters. The molecular weight excluding hydrogens is 204 g/mol. The van der Waals surface area contributed by atoms with Crippen molar-refractivity contribution < 1.29 is 4.74 Å². The molecule has 2 rings (SSSR count). The lowest BCUT2D eigenvalue weighted by Crippen LogP contribution is -2.19. The molecule has 0 saturated heterocycles. The number of H-pyrrole nitrogens is 1. The van der Waals surface area contributed by atoms with Crippen molar-refractivity contribution in [2.75, 3.05) is 7.11 Å². The smallest absolute Gasteiger partial charge is 0.326 e. The highest BCUT2D eigenvalue weighted by Crippen LogP contribution is 2.18. The van der Waals surface area contributed by atoms with Crippen LogP contribution in [-0.2, 0) is 6.54 Å². The summed E-state index contributed by atoms with van der Waals surface area (Å²) in [5, 5.41) is 0. The number of methoxy groups -OCH3 is 1. The van der Waals surface area contributed by atoms with Gasteiger partial charge in [0.25, 0.3) is 0 Å². The quantitative estimate of drug-likeness (QED) is 0.859. The summed E-state index contributed by atoms with van der Waals surface area (Å²) in [6.45, 7) is 4.91. The fraction of sp³-hybridized carbons (Fsp3) is 0.417. The van der Waals surface area contributed by atoms with Crippen LogP contribution in [0.2, 0.25) is 0 Å². The first kappa shape index (κ1) is 10.8. The zero-order valence-electron chi connectivity index (χ0n) is 9.78. The van der Waals surface area contributed by atoms with Crippen LogP contribution in [0.5, 0.6) is 5.75 Å². The van der Waals surface area contributed by atoms with Crippen LogP contribution in [0.15, 0.2) is 23.0 Å². The fourth-order valence-electron chi connectivity index (χ4n) is 1.82. The van der Waals surface area contributed by atoms with E-state index in [0.717, 1.165) is 23.3 Å². The minimum absolute atomic E-state index is 0.0584. The Balaban J connectivity index is 2.58. The molecule has 0 amide bonds. The number of fused-ring (bicyclic) bond motifs is 1. The minimum atomic E-state index is -0.0584. The maximum atomic E-state index is 11.7. The second kappa shape index (κ2) is 4.04. The lowest BCUT2D eigenvalue weighted by Gasteiger charge is -2.06. The Hall–Kier alpha value is -1.71. The first-order chi connectivity index (χ1) is 7.61. The molecule has 16 heavy (non-hydrogen) atoms. The van der Waals surface area contributed by atoms with Crippen LogP contribution in [0.25, 0.3) is 11.0 Å². The standard InChI is InChI=1S/C12H16N2O2/c1-8(2)7-14-11-5-4-9(16-3)6-10(11)13-12(14)15/h4-6,8H,7H2,1-3H3,(H,13,15). The van der Waals surface area contributed by atoms with Gasteiger partial charge in [-0.3, -0.25) is 4.57 Å². The van der Waals surface area contributed by atoms with Crippen molar-refractivity contribution in [3.63, 3.8) is 0 Å². The van der Waals surface area contributed by atoms with Crippen molar-refractivity contribution >= 4 is 11.0 Å². The number of aromatic nitrogens is 2. The van der Waals surface area contributed by atoms with Crippen molar-refractivity contribution in [3.8, 4) is 5.75 Å². The van der Waals surface area contributed by atoms with Gasteiger partial charge in [0.1, 0.15) is 5.75 Å². The molecule has 0 fully saturated rings. The lowest BCUT2D eigenvalue weighted by atomic mass is 10.2. The molecule has 0 aliphatic carbocycles. The van der Waals surface area contributed by atoms with E-state index >= 15 is 0 Å². The maximum Gasteiger partial charge on any atom is 0.326 e. The van der Waals surface area contributed by atoms with Crippen molar-refractivity contribution in [2.24, 2.45) is 5.92 Å². The number of imidazole rings is 1. The average Bonchev–Trinajstić information content (AvgIpc) is 2.54. The van der Waals surface area contributed by atoms with E-state index in [1.165, 1.54) is 0 Å². The maximum absolute atomic E-state index is 11.7. The van der Waals surface area contributed by atoms with Gasteiger partial charge in [-0.2, -0.15) is 0 Å². The number of rotatable bonds is 3. The fourth-order valence-corrected chi connectivity index (χ4v) is 1.82. The summed E-state index contributed by atoms with van der Waals surface area (Å²) in [5.74, 6) is 1.20. The molecule has 4 nitrogen and oxygen atoms in total. The van der Waals surface area contributed by atoms with Crippen LogP contribution in [0.1, 0.15) is 13.8 Å². The van der Waals surface area contributed by atoms with E-state index in [-0.39, 0.29) is 5.69 Å².